The number of rotatable bonds is 4. The fourth-order valence-corrected chi connectivity index (χ4v) is 7.42. The van der Waals surface area contributed by atoms with Crippen LogP contribution in [0.25, 0.3) is 94.4 Å². The molecule has 1 aliphatic rings. The number of fused-ring (bicyclic) bond motifs is 3. The molecule has 0 unspecified atom stereocenters. The fourth-order valence-electron chi connectivity index (χ4n) is 7.42. The summed E-state index contributed by atoms with van der Waals surface area (Å²) in [5.41, 5.74) is 13.0. The maximum atomic E-state index is 5.20. The first-order chi connectivity index (χ1) is 23.3. The molecule has 3 aromatic heterocycles. The fraction of sp³-hybridized carbons (Fsp3) is 0. The summed E-state index contributed by atoms with van der Waals surface area (Å²) < 4.78 is 2.36. The molecular weight excluding hydrogens is 573 g/mol. The second-order valence-corrected chi connectivity index (χ2v) is 12.0. The normalized spacial score (nSPS) is 11.8. The molecule has 0 amide bonds. The molecular formula is C43H26N4. The molecule has 9 aromatic rings. The summed E-state index contributed by atoms with van der Waals surface area (Å²) in [6, 6.07) is 51.4. The summed E-state index contributed by atoms with van der Waals surface area (Å²) >= 11 is 0. The summed E-state index contributed by atoms with van der Waals surface area (Å²) in [7, 11) is 0. The average Bonchev–Trinajstić information content (AvgIpc) is 3.43. The number of nitrogens with zero attached hydrogens (tertiary/aromatic N) is 4. The Morgan fingerprint density at radius 1 is 0.426 bits per heavy atom. The Bertz CT molecular complexity index is 2620. The highest BCUT2D eigenvalue weighted by atomic mass is 15.0. The molecule has 3 heterocycles. The van der Waals surface area contributed by atoms with Gasteiger partial charge in [0.2, 0.25) is 0 Å². The lowest BCUT2D eigenvalue weighted by atomic mass is 9.93. The van der Waals surface area contributed by atoms with E-state index in [-0.39, 0.29) is 0 Å². The predicted octanol–water partition coefficient (Wildman–Crippen LogP) is 10.8. The topological polar surface area (TPSA) is 43.6 Å². The smallest absolute Gasteiger partial charge is 0.162 e. The first-order valence-electron chi connectivity index (χ1n) is 15.9. The van der Waals surface area contributed by atoms with Gasteiger partial charge in [-0.05, 0) is 57.3 Å². The van der Waals surface area contributed by atoms with Gasteiger partial charge in [-0.25, -0.2) is 9.97 Å². The van der Waals surface area contributed by atoms with E-state index in [1.807, 2.05) is 54.9 Å². The van der Waals surface area contributed by atoms with Crippen molar-refractivity contribution in [1.82, 2.24) is 19.5 Å². The maximum absolute atomic E-state index is 5.20. The van der Waals surface area contributed by atoms with Gasteiger partial charge in [-0.15, -0.1) is 0 Å². The molecule has 0 bridgehead atoms. The molecule has 47 heavy (non-hydrogen) atoms. The van der Waals surface area contributed by atoms with Crippen LogP contribution < -0.4 is 0 Å². The molecule has 10 rings (SSSR count). The molecule has 218 valence electrons. The Morgan fingerprint density at radius 2 is 1.02 bits per heavy atom. The van der Waals surface area contributed by atoms with Gasteiger partial charge in [0.25, 0.3) is 0 Å². The van der Waals surface area contributed by atoms with Crippen LogP contribution in [0.1, 0.15) is 0 Å². The van der Waals surface area contributed by atoms with Crippen LogP contribution in [-0.4, -0.2) is 19.5 Å². The highest BCUT2D eigenvalue weighted by Gasteiger charge is 2.26. The highest BCUT2D eigenvalue weighted by molar-refractivity contribution is 6.30. The lowest BCUT2D eigenvalue weighted by Gasteiger charge is -2.16. The SMILES string of the molecule is c1ccc(-c2cc(-c3ccccc3)nc(-c3ccncc3-n3c4cccc5c4c4c6c(cccc6ccc43)-c3ccccc3-5)n2)cc1. The molecule has 6 aromatic carbocycles. The van der Waals surface area contributed by atoms with Gasteiger partial charge in [0.15, 0.2) is 5.82 Å². The van der Waals surface area contributed by atoms with Crippen molar-refractivity contribution in [3.63, 3.8) is 0 Å². The summed E-state index contributed by atoms with van der Waals surface area (Å²) in [4.78, 5) is 15.1. The van der Waals surface area contributed by atoms with Crippen molar-refractivity contribution < 1.29 is 0 Å². The zero-order valence-electron chi connectivity index (χ0n) is 25.3. The third-order valence-corrected chi connectivity index (χ3v) is 9.45. The van der Waals surface area contributed by atoms with Crippen LogP contribution >= 0.6 is 0 Å². The zero-order valence-corrected chi connectivity index (χ0v) is 25.3. The third-order valence-electron chi connectivity index (χ3n) is 9.45. The van der Waals surface area contributed by atoms with Crippen LogP contribution in [0, 0.1) is 0 Å². The van der Waals surface area contributed by atoms with Gasteiger partial charge < -0.3 is 4.57 Å². The van der Waals surface area contributed by atoms with E-state index in [1.54, 1.807) is 0 Å². The van der Waals surface area contributed by atoms with Crippen LogP contribution in [-0.2, 0) is 0 Å². The van der Waals surface area contributed by atoms with Crippen molar-refractivity contribution in [1.29, 1.82) is 0 Å². The van der Waals surface area contributed by atoms with Crippen LogP contribution in [0.5, 0.6) is 0 Å². The van der Waals surface area contributed by atoms with Gasteiger partial charge in [-0.2, -0.15) is 0 Å². The van der Waals surface area contributed by atoms with Crippen molar-refractivity contribution >= 4 is 32.6 Å². The molecule has 0 spiro atoms. The Morgan fingerprint density at radius 3 is 1.72 bits per heavy atom. The highest BCUT2D eigenvalue weighted by Crippen LogP contribution is 2.49. The van der Waals surface area contributed by atoms with E-state index in [0.717, 1.165) is 44.8 Å². The Balaban J connectivity index is 1.31. The van der Waals surface area contributed by atoms with E-state index in [2.05, 4.69) is 113 Å². The molecule has 0 aliphatic heterocycles. The number of pyridine rings is 1. The lowest BCUT2D eigenvalue weighted by molar-refractivity contribution is 1.11. The zero-order chi connectivity index (χ0) is 30.9. The Kier molecular flexibility index (Phi) is 5.54. The van der Waals surface area contributed by atoms with E-state index >= 15 is 0 Å². The van der Waals surface area contributed by atoms with Crippen molar-refractivity contribution in [3.05, 3.63) is 158 Å². The molecule has 0 fully saturated rings. The summed E-state index contributed by atoms with van der Waals surface area (Å²) in [5.74, 6) is 0.660. The van der Waals surface area contributed by atoms with Crippen molar-refractivity contribution in [2.45, 2.75) is 0 Å². The van der Waals surface area contributed by atoms with Gasteiger partial charge in [-0.3, -0.25) is 4.98 Å². The van der Waals surface area contributed by atoms with E-state index in [4.69, 9.17) is 9.97 Å². The molecule has 4 nitrogen and oxygen atoms in total. The molecule has 0 saturated carbocycles. The van der Waals surface area contributed by atoms with Crippen LogP contribution in [0.4, 0.5) is 0 Å². The molecule has 0 radical (unpaired) electrons. The minimum absolute atomic E-state index is 0.660. The number of benzene rings is 6. The van der Waals surface area contributed by atoms with Crippen LogP contribution in [0.15, 0.2) is 158 Å². The second-order valence-electron chi connectivity index (χ2n) is 12.0. The molecule has 0 N–H and O–H groups in total. The monoisotopic (exact) mass is 598 g/mol. The summed E-state index contributed by atoms with van der Waals surface area (Å²) in [5, 5.41) is 5.03. The summed E-state index contributed by atoms with van der Waals surface area (Å²) in [6.45, 7) is 0. The number of aromatic nitrogens is 4. The van der Waals surface area contributed by atoms with Gasteiger partial charge in [-0.1, -0.05) is 121 Å². The molecule has 0 saturated heterocycles. The summed E-state index contributed by atoms with van der Waals surface area (Å²) in [6.07, 6.45) is 3.79. The van der Waals surface area contributed by atoms with E-state index in [0.29, 0.717) is 5.82 Å². The van der Waals surface area contributed by atoms with Gasteiger partial charge in [0, 0.05) is 33.7 Å². The van der Waals surface area contributed by atoms with E-state index < -0.39 is 0 Å². The van der Waals surface area contributed by atoms with Gasteiger partial charge >= 0.3 is 0 Å². The number of hydrogen-bond acceptors (Lipinski definition) is 3. The van der Waals surface area contributed by atoms with Crippen molar-refractivity contribution in [3.8, 4) is 61.8 Å². The molecule has 1 aliphatic carbocycles. The van der Waals surface area contributed by atoms with Crippen LogP contribution in [0.3, 0.4) is 0 Å². The first kappa shape index (κ1) is 25.9. The average molecular weight is 599 g/mol. The quantitative estimate of drug-likeness (QED) is 0.202. The largest absolute Gasteiger partial charge is 0.307 e. The van der Waals surface area contributed by atoms with Crippen molar-refractivity contribution in [2.24, 2.45) is 0 Å². The predicted molar refractivity (Wildman–Crippen MR) is 192 cm³/mol. The van der Waals surface area contributed by atoms with Gasteiger partial charge in [0.1, 0.15) is 0 Å². The first-order valence-corrected chi connectivity index (χ1v) is 15.9. The Labute approximate surface area is 271 Å². The molecule has 4 heteroatoms. The third kappa shape index (κ3) is 3.85. The minimum Gasteiger partial charge on any atom is -0.307 e. The maximum Gasteiger partial charge on any atom is 0.162 e. The van der Waals surface area contributed by atoms with Crippen LogP contribution in [0.2, 0.25) is 0 Å². The van der Waals surface area contributed by atoms with Gasteiger partial charge in [0.05, 0.1) is 34.3 Å². The lowest BCUT2D eigenvalue weighted by Crippen LogP contribution is -2.02. The molecule has 0 atom stereocenters. The minimum atomic E-state index is 0.660. The van der Waals surface area contributed by atoms with Crippen molar-refractivity contribution in [2.75, 3.05) is 0 Å². The van der Waals surface area contributed by atoms with E-state index in [1.165, 1.54) is 43.8 Å². The second kappa shape index (κ2) is 10.1. The standard InChI is InChI=1S/C43H26N4/c1-3-11-27(12-4-1)35-25-36(28-13-5-2-6-14-28)46-43(45-35)34-23-24-44-26-39(34)47-37-20-10-19-33-31-17-8-7-16-30(31)32-18-9-15-29-21-22-38(47)42(40(29)32)41(33)37/h1-26H. The number of hydrogen-bond donors (Lipinski definition) is 0. The van der Waals surface area contributed by atoms with E-state index in [9.17, 15) is 0 Å². The Hall–Kier alpha value is -6.39.